The third-order valence-corrected chi connectivity index (χ3v) is 4.03. The van der Waals surface area contributed by atoms with Gasteiger partial charge in [-0.25, -0.2) is 4.39 Å². The maximum absolute atomic E-state index is 14.2. The van der Waals surface area contributed by atoms with E-state index in [4.69, 9.17) is 5.73 Å². The average molecular weight is 289 g/mol. The van der Waals surface area contributed by atoms with Crippen molar-refractivity contribution in [2.24, 2.45) is 16.6 Å². The Hall–Kier alpha value is -1.68. The van der Waals surface area contributed by atoms with Gasteiger partial charge in [-0.3, -0.25) is 4.99 Å². The lowest BCUT2D eigenvalue weighted by atomic mass is 9.94. The second kappa shape index (κ2) is 6.39. The van der Waals surface area contributed by atoms with Crippen molar-refractivity contribution in [3.05, 3.63) is 29.1 Å². The Morgan fingerprint density at radius 2 is 2.19 bits per heavy atom. The van der Waals surface area contributed by atoms with Crippen molar-refractivity contribution in [3.63, 3.8) is 0 Å². The molecule has 1 aliphatic heterocycles. The van der Waals surface area contributed by atoms with Crippen LogP contribution in [0.25, 0.3) is 6.08 Å². The van der Waals surface area contributed by atoms with Gasteiger partial charge in [0.2, 0.25) is 0 Å². The van der Waals surface area contributed by atoms with Gasteiger partial charge in [0.15, 0.2) is 0 Å². The van der Waals surface area contributed by atoms with E-state index in [0.717, 1.165) is 30.8 Å². The third-order valence-electron chi connectivity index (χ3n) is 4.03. The zero-order valence-corrected chi connectivity index (χ0v) is 13.1. The fourth-order valence-corrected chi connectivity index (χ4v) is 3.14. The first-order valence-corrected chi connectivity index (χ1v) is 7.41. The number of benzene rings is 1. The highest BCUT2D eigenvalue weighted by atomic mass is 19.1. The molecule has 3 nitrogen and oxygen atoms in total. The minimum Gasteiger partial charge on any atom is -0.369 e. The SMILES string of the molecule is C=Nc1c(C)c(F)cc(N2CC(C)CC(N)C2)c1/C=C\C. The van der Waals surface area contributed by atoms with E-state index in [1.54, 1.807) is 13.0 Å². The van der Waals surface area contributed by atoms with Crippen LogP contribution >= 0.6 is 0 Å². The van der Waals surface area contributed by atoms with E-state index in [-0.39, 0.29) is 11.9 Å². The number of nitrogens with zero attached hydrogens (tertiary/aromatic N) is 2. The fraction of sp³-hybridized carbons (Fsp3) is 0.471. The molecule has 21 heavy (non-hydrogen) atoms. The van der Waals surface area contributed by atoms with E-state index in [9.17, 15) is 4.39 Å². The predicted octanol–water partition coefficient (Wildman–Crippen LogP) is 3.67. The molecule has 2 atom stereocenters. The second-order valence-electron chi connectivity index (χ2n) is 5.93. The van der Waals surface area contributed by atoms with Gasteiger partial charge in [-0.1, -0.05) is 19.1 Å². The van der Waals surface area contributed by atoms with Gasteiger partial charge >= 0.3 is 0 Å². The molecule has 0 amide bonds. The van der Waals surface area contributed by atoms with E-state index in [2.05, 4.69) is 23.5 Å². The molecule has 2 rings (SSSR count). The molecule has 114 valence electrons. The zero-order chi connectivity index (χ0) is 15.6. The number of aliphatic imine (C=N–C) groups is 1. The van der Waals surface area contributed by atoms with Crippen LogP contribution in [0, 0.1) is 18.7 Å². The molecule has 1 fully saturated rings. The normalized spacial score (nSPS) is 22.8. The second-order valence-corrected chi connectivity index (χ2v) is 5.93. The van der Waals surface area contributed by atoms with Crippen molar-refractivity contribution >= 4 is 24.2 Å². The summed E-state index contributed by atoms with van der Waals surface area (Å²) in [4.78, 5) is 6.22. The molecule has 2 unspecified atom stereocenters. The quantitative estimate of drug-likeness (QED) is 0.863. The Bertz CT molecular complexity index is 556. The van der Waals surface area contributed by atoms with Gasteiger partial charge in [0, 0.05) is 35.9 Å². The van der Waals surface area contributed by atoms with Crippen LogP contribution in [-0.4, -0.2) is 25.8 Å². The van der Waals surface area contributed by atoms with Crippen molar-refractivity contribution in [2.45, 2.75) is 33.2 Å². The Balaban J connectivity index is 2.56. The smallest absolute Gasteiger partial charge is 0.130 e. The number of halogens is 1. The number of hydrogen-bond donors (Lipinski definition) is 1. The molecule has 0 spiro atoms. The number of rotatable bonds is 3. The molecule has 1 aromatic rings. The number of hydrogen-bond acceptors (Lipinski definition) is 3. The Morgan fingerprint density at radius 1 is 1.48 bits per heavy atom. The van der Waals surface area contributed by atoms with Crippen LogP contribution in [-0.2, 0) is 0 Å². The molecule has 1 aliphatic rings. The first-order chi connectivity index (χ1) is 9.97. The van der Waals surface area contributed by atoms with Gasteiger partial charge in [0.1, 0.15) is 5.82 Å². The van der Waals surface area contributed by atoms with Gasteiger partial charge in [-0.05, 0) is 39.0 Å². The highest BCUT2D eigenvalue weighted by Crippen LogP contribution is 2.37. The minimum absolute atomic E-state index is 0.122. The molecule has 1 heterocycles. The zero-order valence-electron chi connectivity index (χ0n) is 13.1. The van der Waals surface area contributed by atoms with Crippen LogP contribution < -0.4 is 10.6 Å². The highest BCUT2D eigenvalue weighted by Gasteiger charge is 2.25. The van der Waals surface area contributed by atoms with Crippen molar-refractivity contribution in [1.82, 2.24) is 0 Å². The summed E-state index contributed by atoms with van der Waals surface area (Å²) in [5, 5.41) is 0. The van der Waals surface area contributed by atoms with Gasteiger partial charge in [-0.2, -0.15) is 0 Å². The predicted molar refractivity (Wildman–Crippen MR) is 89.0 cm³/mol. The molecule has 1 saturated heterocycles. The minimum atomic E-state index is -0.243. The maximum atomic E-state index is 14.2. The fourth-order valence-electron chi connectivity index (χ4n) is 3.14. The van der Waals surface area contributed by atoms with Gasteiger partial charge in [0.05, 0.1) is 5.69 Å². The van der Waals surface area contributed by atoms with E-state index in [0.29, 0.717) is 17.2 Å². The topological polar surface area (TPSA) is 41.6 Å². The maximum Gasteiger partial charge on any atom is 0.130 e. The highest BCUT2D eigenvalue weighted by molar-refractivity contribution is 5.80. The summed E-state index contributed by atoms with van der Waals surface area (Å²) in [6.07, 6.45) is 4.92. The van der Waals surface area contributed by atoms with Crippen LogP contribution in [0.3, 0.4) is 0 Å². The number of piperidine rings is 1. The number of allylic oxidation sites excluding steroid dienone is 1. The Kier molecular flexibility index (Phi) is 4.78. The summed E-state index contributed by atoms with van der Waals surface area (Å²) in [5.74, 6) is 0.254. The monoisotopic (exact) mass is 289 g/mol. The van der Waals surface area contributed by atoms with Crippen LogP contribution in [0.2, 0.25) is 0 Å². The molecule has 1 aromatic carbocycles. The third kappa shape index (κ3) is 3.16. The summed E-state index contributed by atoms with van der Waals surface area (Å²) in [6.45, 7) is 11.1. The van der Waals surface area contributed by atoms with Crippen LogP contribution in [0.1, 0.15) is 31.4 Å². The first kappa shape index (κ1) is 15.7. The summed E-state index contributed by atoms with van der Waals surface area (Å²) >= 11 is 0. The van der Waals surface area contributed by atoms with E-state index < -0.39 is 0 Å². The van der Waals surface area contributed by atoms with Crippen molar-refractivity contribution in [2.75, 3.05) is 18.0 Å². The summed E-state index contributed by atoms with van der Waals surface area (Å²) in [7, 11) is 0. The van der Waals surface area contributed by atoms with E-state index in [1.807, 2.05) is 19.1 Å². The van der Waals surface area contributed by atoms with E-state index in [1.165, 1.54) is 0 Å². The summed E-state index contributed by atoms with van der Waals surface area (Å²) in [6, 6.07) is 1.72. The number of nitrogens with two attached hydrogens (primary N) is 1. The molecule has 0 aromatic heterocycles. The van der Waals surface area contributed by atoms with Crippen LogP contribution in [0.15, 0.2) is 17.1 Å². The Morgan fingerprint density at radius 3 is 2.76 bits per heavy atom. The lowest BCUT2D eigenvalue weighted by Gasteiger charge is -2.37. The number of anilines is 1. The Labute approximate surface area is 126 Å². The largest absolute Gasteiger partial charge is 0.369 e. The van der Waals surface area contributed by atoms with Gasteiger partial charge < -0.3 is 10.6 Å². The first-order valence-electron chi connectivity index (χ1n) is 7.41. The lowest BCUT2D eigenvalue weighted by Crippen LogP contribution is -2.46. The average Bonchev–Trinajstić information content (AvgIpc) is 2.42. The molecule has 4 heteroatoms. The molecule has 0 bridgehead atoms. The van der Waals surface area contributed by atoms with Gasteiger partial charge in [0.25, 0.3) is 0 Å². The molecular formula is C17H24FN3. The summed E-state index contributed by atoms with van der Waals surface area (Å²) in [5.41, 5.74) is 9.07. The molecular weight excluding hydrogens is 265 g/mol. The standard InChI is InChI=1S/C17H24FN3/c1-5-6-14-16(8-15(18)12(3)17(14)20-4)21-9-11(2)7-13(19)10-21/h5-6,8,11,13H,4,7,9-10,19H2,1-3H3/b6-5-. The molecule has 0 radical (unpaired) electrons. The van der Waals surface area contributed by atoms with Gasteiger partial charge in [-0.15, -0.1) is 0 Å². The van der Waals surface area contributed by atoms with Crippen LogP contribution in [0.4, 0.5) is 15.8 Å². The molecule has 2 N–H and O–H groups in total. The van der Waals surface area contributed by atoms with E-state index >= 15 is 0 Å². The van der Waals surface area contributed by atoms with Crippen molar-refractivity contribution in [1.29, 1.82) is 0 Å². The molecule has 0 aliphatic carbocycles. The molecule has 0 saturated carbocycles. The van der Waals surface area contributed by atoms with Crippen LogP contribution in [0.5, 0.6) is 0 Å². The van der Waals surface area contributed by atoms with Crippen molar-refractivity contribution < 1.29 is 4.39 Å². The lowest BCUT2D eigenvalue weighted by molar-refractivity contribution is 0.401. The van der Waals surface area contributed by atoms with Crippen molar-refractivity contribution in [3.8, 4) is 0 Å². The summed E-state index contributed by atoms with van der Waals surface area (Å²) < 4.78 is 14.2.